The molecule has 1 aromatic heterocycles. The molecule has 0 bridgehead atoms. The number of nitrogens with zero attached hydrogens (tertiary/aromatic N) is 1. The zero-order chi connectivity index (χ0) is 21.6. The van der Waals surface area contributed by atoms with Gasteiger partial charge in [0.2, 0.25) is 0 Å². The molecule has 0 amide bonds. The molecule has 2 heterocycles. The summed E-state index contributed by atoms with van der Waals surface area (Å²) in [6, 6.07) is 26.2. The molecular formula is C27H26N2O3. The number of hydrogen-bond acceptors (Lipinski definition) is 5. The van der Waals surface area contributed by atoms with E-state index in [4.69, 9.17) is 13.9 Å². The minimum absolute atomic E-state index is 0.664. The molecule has 0 atom stereocenters. The fourth-order valence-corrected chi connectivity index (χ4v) is 3.72. The van der Waals surface area contributed by atoms with Crippen molar-refractivity contribution < 1.29 is 13.9 Å². The average Bonchev–Trinajstić information content (AvgIpc) is 3.52. The van der Waals surface area contributed by atoms with E-state index in [0.29, 0.717) is 13.2 Å². The minimum Gasteiger partial charge on any atom is -0.494 e. The molecule has 5 nitrogen and oxygen atoms in total. The van der Waals surface area contributed by atoms with Crippen LogP contribution in [-0.2, 0) is 0 Å². The van der Waals surface area contributed by atoms with Crippen LogP contribution in [0.2, 0.25) is 0 Å². The fraction of sp³-hybridized carbons (Fsp3) is 0.222. The number of nitrogens with one attached hydrogen (secondary N) is 1. The van der Waals surface area contributed by atoms with Crippen molar-refractivity contribution >= 4 is 16.8 Å². The van der Waals surface area contributed by atoms with Crippen LogP contribution in [-0.4, -0.2) is 32.1 Å². The van der Waals surface area contributed by atoms with Gasteiger partial charge < -0.3 is 19.2 Å². The van der Waals surface area contributed by atoms with Gasteiger partial charge in [-0.05, 0) is 73.5 Å². The van der Waals surface area contributed by atoms with E-state index in [0.717, 1.165) is 71.1 Å². The Balaban J connectivity index is 1.03. The molecule has 1 aliphatic rings. The van der Waals surface area contributed by atoms with Gasteiger partial charge in [-0.15, -0.1) is 0 Å². The highest BCUT2D eigenvalue weighted by molar-refractivity contribution is 5.99. The van der Waals surface area contributed by atoms with Crippen LogP contribution in [0.3, 0.4) is 0 Å². The highest BCUT2D eigenvalue weighted by atomic mass is 16.5. The van der Waals surface area contributed by atoms with E-state index >= 15 is 0 Å². The van der Waals surface area contributed by atoms with Gasteiger partial charge in [0.05, 0.1) is 19.8 Å². The molecule has 0 radical (unpaired) electrons. The molecule has 5 rings (SSSR count). The molecule has 0 aliphatic carbocycles. The fourth-order valence-electron chi connectivity index (χ4n) is 3.72. The number of benzene rings is 3. The first kappa shape index (κ1) is 20.2. The number of aliphatic imine (C=N–C) groups is 1. The Morgan fingerprint density at radius 2 is 1.44 bits per heavy atom. The summed E-state index contributed by atoms with van der Waals surface area (Å²) in [5.74, 6) is 3.59. The van der Waals surface area contributed by atoms with E-state index in [-0.39, 0.29) is 0 Å². The van der Waals surface area contributed by atoms with Crippen molar-refractivity contribution in [2.75, 3.05) is 26.3 Å². The molecule has 0 spiro atoms. The molecular weight excluding hydrogens is 400 g/mol. The van der Waals surface area contributed by atoms with Crippen molar-refractivity contribution in [3.8, 4) is 22.8 Å². The maximum atomic E-state index is 5.92. The van der Waals surface area contributed by atoms with Gasteiger partial charge in [-0.3, -0.25) is 4.99 Å². The minimum atomic E-state index is 0.664. The summed E-state index contributed by atoms with van der Waals surface area (Å²) >= 11 is 0. The normalized spacial score (nSPS) is 13.1. The SMILES string of the molecule is c1ccc2oc(-c3ccc(OCCCCOc4ccc(C5=NCCN5)cc4)cc3)cc2c1. The summed E-state index contributed by atoms with van der Waals surface area (Å²) in [5, 5.41) is 4.39. The van der Waals surface area contributed by atoms with Gasteiger partial charge >= 0.3 is 0 Å². The van der Waals surface area contributed by atoms with Crippen LogP contribution in [0.4, 0.5) is 0 Å². The molecule has 0 saturated carbocycles. The number of fused-ring (bicyclic) bond motifs is 1. The quantitative estimate of drug-likeness (QED) is 0.350. The molecule has 162 valence electrons. The van der Waals surface area contributed by atoms with Crippen molar-refractivity contribution in [1.29, 1.82) is 0 Å². The first-order chi connectivity index (χ1) is 15.8. The Morgan fingerprint density at radius 1 is 0.781 bits per heavy atom. The molecule has 1 N–H and O–H groups in total. The van der Waals surface area contributed by atoms with Crippen LogP contribution in [0.15, 0.2) is 88.3 Å². The van der Waals surface area contributed by atoms with Crippen molar-refractivity contribution in [3.63, 3.8) is 0 Å². The van der Waals surface area contributed by atoms with Gasteiger partial charge in [0, 0.05) is 23.1 Å². The van der Waals surface area contributed by atoms with Crippen molar-refractivity contribution in [1.82, 2.24) is 5.32 Å². The monoisotopic (exact) mass is 426 g/mol. The summed E-state index contributed by atoms with van der Waals surface area (Å²) < 4.78 is 17.6. The topological polar surface area (TPSA) is 56.0 Å². The Morgan fingerprint density at radius 3 is 2.06 bits per heavy atom. The van der Waals surface area contributed by atoms with Crippen LogP contribution in [0.1, 0.15) is 18.4 Å². The van der Waals surface area contributed by atoms with Crippen LogP contribution < -0.4 is 14.8 Å². The lowest BCUT2D eigenvalue weighted by atomic mass is 10.1. The molecule has 4 aromatic rings. The van der Waals surface area contributed by atoms with E-state index in [1.54, 1.807) is 0 Å². The molecule has 1 aliphatic heterocycles. The number of ether oxygens (including phenoxy) is 2. The molecule has 0 unspecified atom stereocenters. The predicted molar refractivity (Wildman–Crippen MR) is 128 cm³/mol. The van der Waals surface area contributed by atoms with Gasteiger partial charge in [0.15, 0.2) is 0 Å². The van der Waals surface area contributed by atoms with E-state index in [2.05, 4.69) is 22.4 Å². The second-order valence-electron chi connectivity index (χ2n) is 7.76. The number of amidine groups is 1. The summed E-state index contributed by atoms with van der Waals surface area (Å²) in [6.45, 7) is 3.10. The standard InChI is InChI=1S/C27H26N2O3/c1-2-6-25-22(5-1)19-26(32-25)20-7-11-23(12-8-20)30-17-3-4-18-31-24-13-9-21(10-14-24)27-28-15-16-29-27/h1-2,5-14,19H,3-4,15-18H2,(H,28,29). The van der Waals surface area contributed by atoms with Gasteiger partial charge in [0.1, 0.15) is 28.7 Å². The predicted octanol–water partition coefficient (Wildman–Crippen LogP) is 5.69. The Labute approximate surface area is 187 Å². The van der Waals surface area contributed by atoms with Crippen LogP contribution in [0, 0.1) is 0 Å². The summed E-state index contributed by atoms with van der Waals surface area (Å²) in [6.07, 6.45) is 1.87. The average molecular weight is 427 g/mol. The first-order valence-corrected chi connectivity index (χ1v) is 11.1. The molecule has 0 saturated heterocycles. The van der Waals surface area contributed by atoms with Crippen molar-refractivity contribution in [2.45, 2.75) is 12.8 Å². The Kier molecular flexibility index (Phi) is 6.06. The Bertz CT molecular complexity index is 1160. The van der Waals surface area contributed by atoms with Crippen LogP contribution in [0.5, 0.6) is 11.5 Å². The van der Waals surface area contributed by atoms with E-state index < -0.39 is 0 Å². The second-order valence-corrected chi connectivity index (χ2v) is 7.76. The van der Waals surface area contributed by atoms with E-state index in [1.165, 1.54) is 0 Å². The molecule has 32 heavy (non-hydrogen) atoms. The van der Waals surface area contributed by atoms with E-state index in [1.807, 2.05) is 66.7 Å². The summed E-state index contributed by atoms with van der Waals surface area (Å²) in [7, 11) is 0. The van der Waals surface area contributed by atoms with Gasteiger partial charge in [0.25, 0.3) is 0 Å². The van der Waals surface area contributed by atoms with Gasteiger partial charge in [-0.2, -0.15) is 0 Å². The highest BCUT2D eigenvalue weighted by Gasteiger charge is 2.08. The zero-order valence-corrected chi connectivity index (χ0v) is 17.9. The van der Waals surface area contributed by atoms with Crippen molar-refractivity contribution in [3.05, 3.63) is 84.4 Å². The van der Waals surface area contributed by atoms with Crippen LogP contribution >= 0.6 is 0 Å². The third-order valence-electron chi connectivity index (χ3n) is 5.44. The maximum absolute atomic E-state index is 5.92. The third kappa shape index (κ3) is 4.78. The van der Waals surface area contributed by atoms with Crippen molar-refractivity contribution in [2.24, 2.45) is 4.99 Å². The number of unbranched alkanes of at least 4 members (excludes halogenated alkanes) is 1. The molecule has 0 fully saturated rings. The largest absolute Gasteiger partial charge is 0.494 e. The highest BCUT2D eigenvalue weighted by Crippen LogP contribution is 2.28. The summed E-state index contributed by atoms with van der Waals surface area (Å²) in [5.41, 5.74) is 3.06. The number of hydrogen-bond donors (Lipinski definition) is 1. The Hall–Kier alpha value is -3.73. The molecule has 5 heteroatoms. The maximum Gasteiger partial charge on any atom is 0.135 e. The first-order valence-electron chi connectivity index (χ1n) is 11.1. The second kappa shape index (κ2) is 9.60. The zero-order valence-electron chi connectivity index (χ0n) is 17.9. The third-order valence-corrected chi connectivity index (χ3v) is 5.44. The lowest BCUT2D eigenvalue weighted by molar-refractivity contribution is 0.266. The molecule has 3 aromatic carbocycles. The lowest BCUT2D eigenvalue weighted by Crippen LogP contribution is -2.19. The van der Waals surface area contributed by atoms with Crippen LogP contribution in [0.25, 0.3) is 22.3 Å². The number of furan rings is 1. The lowest BCUT2D eigenvalue weighted by Gasteiger charge is -2.09. The van der Waals surface area contributed by atoms with Gasteiger partial charge in [-0.1, -0.05) is 18.2 Å². The summed E-state index contributed by atoms with van der Waals surface area (Å²) in [4.78, 5) is 4.43. The number of rotatable bonds is 9. The smallest absolute Gasteiger partial charge is 0.135 e. The number of para-hydroxylation sites is 1. The van der Waals surface area contributed by atoms with E-state index in [9.17, 15) is 0 Å². The van der Waals surface area contributed by atoms with Gasteiger partial charge in [-0.25, -0.2) is 0 Å².